The summed E-state index contributed by atoms with van der Waals surface area (Å²) in [6.45, 7) is 0.434. The largest absolute Gasteiger partial charge is 0.411 e. The Labute approximate surface area is 62.3 Å². The number of rotatable bonds is 2. The van der Waals surface area contributed by atoms with Gasteiger partial charge in [-0.05, 0) is 0 Å². The topological polar surface area (TPSA) is 90.8 Å². The first-order valence-corrected chi connectivity index (χ1v) is 2.99. The summed E-state index contributed by atoms with van der Waals surface area (Å²) in [5, 5.41) is 15.2. The molecule has 0 aromatic heterocycles. The second kappa shape index (κ2) is 3.00. The van der Waals surface area contributed by atoms with Crippen molar-refractivity contribution in [2.24, 2.45) is 5.16 Å². The maximum Gasteiger partial charge on any atom is 0.266 e. The lowest BCUT2D eigenvalue weighted by Crippen LogP contribution is -2.61. The van der Waals surface area contributed by atoms with Crippen LogP contribution in [0.5, 0.6) is 0 Å². The van der Waals surface area contributed by atoms with Gasteiger partial charge in [0.2, 0.25) is 5.91 Å². The summed E-state index contributed by atoms with van der Waals surface area (Å²) < 4.78 is 0. The third-order valence-electron chi connectivity index (χ3n) is 1.29. The fourth-order valence-electron chi connectivity index (χ4n) is 0.665. The number of nitrogens with one attached hydrogen (secondary N) is 2. The number of amides is 2. The van der Waals surface area contributed by atoms with E-state index in [1.54, 1.807) is 0 Å². The third-order valence-corrected chi connectivity index (χ3v) is 1.29. The molecule has 1 saturated heterocycles. The highest BCUT2D eigenvalue weighted by atomic mass is 16.4. The summed E-state index contributed by atoms with van der Waals surface area (Å²) in [5.41, 5.74) is 0. The fourth-order valence-corrected chi connectivity index (χ4v) is 0.665. The van der Waals surface area contributed by atoms with E-state index in [-0.39, 0.29) is 5.91 Å². The van der Waals surface area contributed by atoms with Crippen LogP contribution in [0, 0.1) is 0 Å². The molecule has 1 aliphatic heterocycles. The van der Waals surface area contributed by atoms with Crippen molar-refractivity contribution >= 4 is 18.0 Å². The molecule has 0 saturated carbocycles. The Balaban J connectivity index is 2.30. The quantitative estimate of drug-likeness (QED) is 0.188. The summed E-state index contributed by atoms with van der Waals surface area (Å²) in [6.07, 6.45) is 0.700. The second-order valence-corrected chi connectivity index (χ2v) is 2.05. The zero-order chi connectivity index (χ0) is 8.27. The van der Waals surface area contributed by atoms with Crippen LogP contribution in [0.15, 0.2) is 5.16 Å². The molecule has 6 nitrogen and oxygen atoms in total. The van der Waals surface area contributed by atoms with E-state index in [1.807, 2.05) is 0 Å². The lowest BCUT2D eigenvalue weighted by atomic mass is 10.1. The molecule has 1 heterocycles. The van der Waals surface area contributed by atoms with Crippen LogP contribution in [0.25, 0.3) is 0 Å². The molecule has 6 heteroatoms. The van der Waals surface area contributed by atoms with Crippen molar-refractivity contribution in [2.75, 3.05) is 6.54 Å². The molecule has 0 radical (unpaired) electrons. The SMILES string of the molecule is O=C(/C=N/O)NC1CNC1=O. The predicted molar refractivity (Wildman–Crippen MR) is 35.2 cm³/mol. The fraction of sp³-hybridized carbons (Fsp3) is 0.400. The molecule has 0 aromatic rings. The van der Waals surface area contributed by atoms with Crippen molar-refractivity contribution < 1.29 is 14.8 Å². The number of carbonyl (C=O) groups excluding carboxylic acids is 2. The van der Waals surface area contributed by atoms with Gasteiger partial charge in [0.25, 0.3) is 5.91 Å². The van der Waals surface area contributed by atoms with Gasteiger partial charge >= 0.3 is 0 Å². The molecule has 0 spiro atoms. The van der Waals surface area contributed by atoms with E-state index < -0.39 is 11.9 Å². The zero-order valence-electron chi connectivity index (χ0n) is 5.57. The number of hydrogen-bond acceptors (Lipinski definition) is 4. The number of hydrogen-bond donors (Lipinski definition) is 3. The normalized spacial score (nSPS) is 22.5. The van der Waals surface area contributed by atoms with Crippen LogP contribution < -0.4 is 10.6 Å². The van der Waals surface area contributed by atoms with Crippen molar-refractivity contribution in [2.45, 2.75) is 6.04 Å². The molecule has 60 valence electrons. The Kier molecular flexibility index (Phi) is 2.05. The van der Waals surface area contributed by atoms with E-state index in [0.717, 1.165) is 0 Å². The summed E-state index contributed by atoms with van der Waals surface area (Å²) in [6, 6.07) is -0.472. The van der Waals surface area contributed by atoms with Crippen molar-refractivity contribution in [3.8, 4) is 0 Å². The molecule has 11 heavy (non-hydrogen) atoms. The minimum atomic E-state index is -0.577. The third kappa shape index (κ3) is 1.66. The van der Waals surface area contributed by atoms with E-state index in [2.05, 4.69) is 15.8 Å². The van der Waals surface area contributed by atoms with Crippen LogP contribution in [0.3, 0.4) is 0 Å². The molecule has 0 bridgehead atoms. The highest BCUT2D eigenvalue weighted by molar-refractivity contribution is 6.26. The van der Waals surface area contributed by atoms with Gasteiger partial charge in [0, 0.05) is 6.54 Å². The van der Waals surface area contributed by atoms with Crippen molar-refractivity contribution in [3.63, 3.8) is 0 Å². The molecule has 1 aliphatic rings. The van der Waals surface area contributed by atoms with Gasteiger partial charge in [0.05, 0.1) is 0 Å². The minimum absolute atomic E-state index is 0.218. The molecule has 1 rings (SSSR count). The monoisotopic (exact) mass is 157 g/mol. The predicted octanol–water partition coefficient (Wildman–Crippen LogP) is -1.94. The molecule has 2 amide bonds. The van der Waals surface area contributed by atoms with Gasteiger partial charge in [-0.3, -0.25) is 9.59 Å². The van der Waals surface area contributed by atoms with Gasteiger partial charge < -0.3 is 15.8 Å². The van der Waals surface area contributed by atoms with Gasteiger partial charge in [0.1, 0.15) is 12.3 Å². The lowest BCUT2D eigenvalue weighted by molar-refractivity contribution is -0.131. The van der Waals surface area contributed by atoms with Crippen LogP contribution >= 0.6 is 0 Å². The van der Waals surface area contributed by atoms with Gasteiger partial charge in [-0.2, -0.15) is 0 Å². The Bertz CT molecular complexity index is 213. The van der Waals surface area contributed by atoms with Gasteiger partial charge in [-0.1, -0.05) is 5.16 Å². The standard InChI is InChI=1S/C5H7N3O3/c9-4(2-7-11)8-3-1-6-5(3)10/h2-3,11H,1H2,(H,6,10)(H,8,9)/b7-2+. The summed E-state index contributed by atoms with van der Waals surface area (Å²) in [7, 11) is 0. The Morgan fingerprint density at radius 2 is 2.64 bits per heavy atom. The number of β-lactam (4-membered cyclic amide) rings is 1. The van der Waals surface area contributed by atoms with Crippen molar-refractivity contribution in [1.82, 2.24) is 10.6 Å². The summed E-state index contributed by atoms with van der Waals surface area (Å²) in [4.78, 5) is 21.1. The van der Waals surface area contributed by atoms with E-state index in [1.165, 1.54) is 0 Å². The first kappa shape index (κ1) is 7.52. The Hall–Kier alpha value is -1.59. The number of oxime groups is 1. The summed E-state index contributed by atoms with van der Waals surface area (Å²) >= 11 is 0. The highest BCUT2D eigenvalue weighted by Crippen LogP contribution is 1.91. The first-order valence-electron chi connectivity index (χ1n) is 2.99. The molecular formula is C5H7N3O3. The van der Waals surface area contributed by atoms with Crippen molar-refractivity contribution in [3.05, 3.63) is 0 Å². The van der Waals surface area contributed by atoms with Crippen molar-refractivity contribution in [1.29, 1.82) is 0 Å². The van der Waals surface area contributed by atoms with Crippen LogP contribution in [0.2, 0.25) is 0 Å². The van der Waals surface area contributed by atoms with Gasteiger partial charge in [0.15, 0.2) is 0 Å². The highest BCUT2D eigenvalue weighted by Gasteiger charge is 2.28. The minimum Gasteiger partial charge on any atom is -0.411 e. The molecule has 3 N–H and O–H groups in total. The Morgan fingerprint density at radius 3 is 3.00 bits per heavy atom. The van der Waals surface area contributed by atoms with E-state index in [0.29, 0.717) is 12.8 Å². The molecule has 1 fully saturated rings. The molecule has 1 atom stereocenters. The van der Waals surface area contributed by atoms with Crippen LogP contribution in [-0.2, 0) is 9.59 Å². The van der Waals surface area contributed by atoms with Gasteiger partial charge in [-0.15, -0.1) is 0 Å². The Morgan fingerprint density at radius 1 is 1.91 bits per heavy atom. The van der Waals surface area contributed by atoms with Crippen LogP contribution in [-0.4, -0.2) is 35.8 Å². The number of carbonyl (C=O) groups is 2. The average Bonchev–Trinajstić information content (AvgIpc) is 1.98. The second-order valence-electron chi connectivity index (χ2n) is 2.05. The molecule has 0 aromatic carbocycles. The smallest absolute Gasteiger partial charge is 0.266 e. The first-order chi connectivity index (χ1) is 5.24. The molecule has 1 unspecified atom stereocenters. The van der Waals surface area contributed by atoms with Gasteiger partial charge in [-0.25, -0.2) is 0 Å². The summed E-state index contributed by atoms with van der Waals surface area (Å²) in [5.74, 6) is -0.794. The van der Waals surface area contributed by atoms with E-state index >= 15 is 0 Å². The maximum atomic E-state index is 10.6. The molecule has 0 aliphatic carbocycles. The van der Waals surface area contributed by atoms with Crippen LogP contribution in [0.1, 0.15) is 0 Å². The lowest BCUT2D eigenvalue weighted by Gasteiger charge is -2.25. The zero-order valence-corrected chi connectivity index (χ0v) is 5.57. The average molecular weight is 157 g/mol. The number of nitrogens with zero attached hydrogens (tertiary/aromatic N) is 1. The van der Waals surface area contributed by atoms with E-state index in [4.69, 9.17) is 5.21 Å². The molecular weight excluding hydrogens is 150 g/mol. The maximum absolute atomic E-state index is 10.6. The van der Waals surface area contributed by atoms with E-state index in [9.17, 15) is 9.59 Å². The van der Waals surface area contributed by atoms with Crippen LogP contribution in [0.4, 0.5) is 0 Å².